The number of aromatic nitrogens is 1. The third kappa shape index (κ3) is 3.40. The van der Waals surface area contributed by atoms with Crippen molar-refractivity contribution in [2.24, 2.45) is 5.10 Å². The predicted octanol–water partition coefficient (Wildman–Crippen LogP) is 1.85. The third-order valence-electron chi connectivity index (χ3n) is 3.49. The van der Waals surface area contributed by atoms with Crippen LogP contribution in [-0.2, 0) is 9.59 Å². The lowest BCUT2D eigenvalue weighted by Crippen LogP contribution is -2.22. The number of amides is 2. The van der Waals surface area contributed by atoms with Crippen LogP contribution in [0.15, 0.2) is 65.5 Å². The van der Waals surface area contributed by atoms with Crippen LogP contribution in [0.5, 0.6) is 0 Å². The van der Waals surface area contributed by atoms with E-state index in [1.165, 1.54) is 5.01 Å². The van der Waals surface area contributed by atoms with Crippen LogP contribution in [-0.4, -0.2) is 42.0 Å². The van der Waals surface area contributed by atoms with E-state index in [-0.39, 0.29) is 5.91 Å². The summed E-state index contributed by atoms with van der Waals surface area (Å²) in [5.74, 6) is -0.231. The van der Waals surface area contributed by atoms with E-state index in [2.05, 4.69) is 15.4 Å². The number of hydrazone groups is 1. The van der Waals surface area contributed by atoms with Gasteiger partial charge in [0.25, 0.3) is 5.91 Å². The molecule has 7 heteroatoms. The Hall–Kier alpha value is -3.48. The van der Waals surface area contributed by atoms with Gasteiger partial charge in [0.05, 0.1) is 17.0 Å². The molecule has 0 bridgehead atoms. The Labute approximate surface area is 145 Å². The highest BCUT2D eigenvalue weighted by molar-refractivity contribution is 6.35. The van der Waals surface area contributed by atoms with Crippen LogP contribution < -0.4 is 10.3 Å². The Kier molecular flexibility index (Phi) is 4.56. The molecule has 2 heterocycles. The van der Waals surface area contributed by atoms with Gasteiger partial charge in [-0.1, -0.05) is 18.2 Å². The lowest BCUT2D eigenvalue weighted by Gasteiger charge is -2.11. The molecule has 0 radical (unpaired) electrons. The molecule has 1 aliphatic rings. The van der Waals surface area contributed by atoms with E-state index in [4.69, 9.17) is 0 Å². The number of hydrogen-bond donors (Lipinski definition) is 1. The summed E-state index contributed by atoms with van der Waals surface area (Å²) in [6.45, 7) is 0. The number of para-hydroxylation sites is 1. The number of carbonyl (C=O) groups excluding carboxylic acids is 2. The van der Waals surface area contributed by atoms with Gasteiger partial charge in [-0.05, 0) is 24.3 Å². The number of pyridine rings is 1. The quantitative estimate of drug-likeness (QED) is 0.668. The first kappa shape index (κ1) is 16.4. The van der Waals surface area contributed by atoms with Crippen LogP contribution in [0.2, 0.25) is 0 Å². The van der Waals surface area contributed by atoms with Gasteiger partial charge in [0.1, 0.15) is 5.71 Å². The topological polar surface area (TPSA) is 77.9 Å². The fourth-order valence-corrected chi connectivity index (χ4v) is 2.44. The average molecular weight is 335 g/mol. The Morgan fingerprint density at radius 3 is 2.60 bits per heavy atom. The van der Waals surface area contributed by atoms with Gasteiger partial charge in [-0.25, -0.2) is 0 Å². The molecule has 7 nitrogen and oxygen atoms in total. The molecule has 1 aliphatic heterocycles. The molecule has 0 aliphatic carbocycles. The second-order valence-corrected chi connectivity index (χ2v) is 5.60. The van der Waals surface area contributed by atoms with E-state index in [9.17, 15) is 9.59 Å². The average Bonchev–Trinajstić information content (AvgIpc) is 2.93. The normalized spacial score (nSPS) is 15.3. The fourth-order valence-electron chi connectivity index (χ4n) is 2.44. The first-order valence-corrected chi connectivity index (χ1v) is 7.63. The zero-order valence-electron chi connectivity index (χ0n) is 13.9. The summed E-state index contributed by atoms with van der Waals surface area (Å²) in [5, 5.41) is 8.40. The standard InChI is InChI=1S/C18H17N5O2/c1-22(2)11-15-17(16-10-13(20-12-24)8-9-19-16)21-23(18(15)25)14-6-4-3-5-7-14/h3-12H,1-2H3,(H,19,20,24). The Morgan fingerprint density at radius 2 is 1.92 bits per heavy atom. The highest BCUT2D eigenvalue weighted by Gasteiger charge is 2.33. The van der Waals surface area contributed by atoms with Crippen LogP contribution in [0.3, 0.4) is 0 Å². The summed E-state index contributed by atoms with van der Waals surface area (Å²) in [5.41, 5.74) is 2.65. The molecule has 0 unspecified atom stereocenters. The van der Waals surface area contributed by atoms with Gasteiger partial charge in [-0.2, -0.15) is 10.1 Å². The van der Waals surface area contributed by atoms with Crippen molar-refractivity contribution in [1.82, 2.24) is 9.88 Å². The van der Waals surface area contributed by atoms with Crippen LogP contribution in [0.1, 0.15) is 5.69 Å². The summed E-state index contributed by atoms with van der Waals surface area (Å²) in [6.07, 6.45) is 3.87. The molecule has 1 N–H and O–H groups in total. The zero-order chi connectivity index (χ0) is 17.8. The van der Waals surface area contributed by atoms with Crippen molar-refractivity contribution in [2.75, 3.05) is 24.4 Å². The second kappa shape index (κ2) is 6.96. The smallest absolute Gasteiger partial charge is 0.282 e. The molecule has 0 spiro atoms. The van der Waals surface area contributed by atoms with E-state index in [1.54, 1.807) is 29.4 Å². The summed E-state index contributed by atoms with van der Waals surface area (Å²) >= 11 is 0. The van der Waals surface area contributed by atoms with Gasteiger partial charge in [0, 0.05) is 32.2 Å². The van der Waals surface area contributed by atoms with Gasteiger partial charge in [-0.15, -0.1) is 0 Å². The minimum Gasteiger partial charge on any atom is -0.383 e. The third-order valence-corrected chi connectivity index (χ3v) is 3.49. The maximum absolute atomic E-state index is 12.9. The van der Waals surface area contributed by atoms with Crippen molar-refractivity contribution in [1.29, 1.82) is 0 Å². The van der Waals surface area contributed by atoms with Crippen LogP contribution in [0.4, 0.5) is 11.4 Å². The molecule has 126 valence electrons. The Bertz CT molecular complexity index is 859. The summed E-state index contributed by atoms with van der Waals surface area (Å²) in [7, 11) is 3.67. The molecule has 2 aromatic rings. The lowest BCUT2D eigenvalue weighted by atomic mass is 10.1. The van der Waals surface area contributed by atoms with Gasteiger partial charge in [0.2, 0.25) is 6.41 Å². The Balaban J connectivity index is 2.08. The monoisotopic (exact) mass is 335 g/mol. The Morgan fingerprint density at radius 1 is 1.16 bits per heavy atom. The van der Waals surface area contributed by atoms with E-state index >= 15 is 0 Å². The minimum atomic E-state index is -0.231. The molecule has 0 atom stereocenters. The maximum Gasteiger partial charge on any atom is 0.282 e. The molecule has 3 rings (SSSR count). The molecule has 25 heavy (non-hydrogen) atoms. The summed E-state index contributed by atoms with van der Waals surface area (Å²) in [6, 6.07) is 12.5. The van der Waals surface area contributed by atoms with Crippen molar-refractivity contribution in [3.63, 3.8) is 0 Å². The van der Waals surface area contributed by atoms with Gasteiger partial charge < -0.3 is 10.2 Å². The minimum absolute atomic E-state index is 0.231. The highest BCUT2D eigenvalue weighted by Crippen LogP contribution is 2.26. The van der Waals surface area contributed by atoms with E-state index in [0.29, 0.717) is 34.8 Å². The molecular formula is C18H17N5O2. The molecule has 0 saturated carbocycles. The van der Waals surface area contributed by atoms with Crippen molar-refractivity contribution in [3.05, 3.63) is 66.1 Å². The SMILES string of the molecule is CN(C)C=C1C(=O)N(c2ccccc2)N=C1c1cc(NC=O)ccn1. The fraction of sp³-hybridized carbons (Fsp3) is 0.111. The zero-order valence-corrected chi connectivity index (χ0v) is 13.9. The van der Waals surface area contributed by atoms with Crippen molar-refractivity contribution in [2.45, 2.75) is 0 Å². The van der Waals surface area contributed by atoms with Crippen molar-refractivity contribution in [3.8, 4) is 0 Å². The van der Waals surface area contributed by atoms with Gasteiger partial charge in [0.15, 0.2) is 0 Å². The number of carbonyl (C=O) groups is 2. The van der Waals surface area contributed by atoms with E-state index < -0.39 is 0 Å². The number of hydrogen-bond acceptors (Lipinski definition) is 5. The first-order chi connectivity index (χ1) is 12.1. The maximum atomic E-state index is 12.9. The second-order valence-electron chi connectivity index (χ2n) is 5.60. The summed E-state index contributed by atoms with van der Waals surface area (Å²) < 4.78 is 0. The molecule has 2 amide bonds. The van der Waals surface area contributed by atoms with Crippen LogP contribution in [0.25, 0.3) is 0 Å². The molecule has 0 fully saturated rings. The molecule has 1 aromatic carbocycles. The predicted molar refractivity (Wildman–Crippen MR) is 96.2 cm³/mol. The van der Waals surface area contributed by atoms with Crippen LogP contribution >= 0.6 is 0 Å². The van der Waals surface area contributed by atoms with Gasteiger partial charge in [-0.3, -0.25) is 14.6 Å². The van der Waals surface area contributed by atoms with Crippen molar-refractivity contribution < 1.29 is 9.59 Å². The number of benzene rings is 1. The number of rotatable bonds is 5. The molecule has 0 saturated heterocycles. The first-order valence-electron chi connectivity index (χ1n) is 7.63. The van der Waals surface area contributed by atoms with Crippen molar-refractivity contribution >= 4 is 29.4 Å². The number of nitrogens with zero attached hydrogens (tertiary/aromatic N) is 4. The number of nitrogens with one attached hydrogen (secondary N) is 1. The van der Waals surface area contributed by atoms with Crippen LogP contribution in [0, 0.1) is 0 Å². The molecular weight excluding hydrogens is 318 g/mol. The van der Waals surface area contributed by atoms with Gasteiger partial charge >= 0.3 is 0 Å². The van der Waals surface area contributed by atoms with E-state index in [0.717, 1.165) is 0 Å². The molecule has 1 aromatic heterocycles. The van der Waals surface area contributed by atoms with E-state index in [1.807, 2.05) is 44.4 Å². The largest absolute Gasteiger partial charge is 0.383 e. The highest BCUT2D eigenvalue weighted by atomic mass is 16.2. The summed E-state index contributed by atoms with van der Waals surface area (Å²) in [4.78, 5) is 29.6. The lowest BCUT2D eigenvalue weighted by molar-refractivity contribution is -0.114. The number of anilines is 2.